The van der Waals surface area contributed by atoms with Gasteiger partial charge in [-0.3, -0.25) is 4.79 Å². The monoisotopic (exact) mass is 336 g/mol. The normalized spacial score (nSPS) is 27.5. The minimum absolute atomic E-state index is 0.00260. The molecular weight excluding hydrogens is 312 g/mol. The van der Waals surface area contributed by atoms with Crippen molar-refractivity contribution in [1.29, 1.82) is 0 Å². The van der Waals surface area contributed by atoms with Gasteiger partial charge in [0.15, 0.2) is 0 Å². The largest absolute Gasteiger partial charge is 0.375 e. The number of aryl methyl sites for hydroxylation is 1. The summed E-state index contributed by atoms with van der Waals surface area (Å²) in [6.45, 7) is 8.70. The first-order valence-corrected chi connectivity index (χ1v) is 9.05. The zero-order valence-corrected chi connectivity index (χ0v) is 14.4. The van der Waals surface area contributed by atoms with Crippen molar-refractivity contribution in [3.63, 3.8) is 0 Å². The van der Waals surface area contributed by atoms with Gasteiger partial charge in [0.1, 0.15) is 0 Å². The molecule has 126 valence electrons. The van der Waals surface area contributed by atoms with E-state index >= 15 is 0 Å². The van der Waals surface area contributed by atoms with Crippen LogP contribution in [-0.4, -0.2) is 47.7 Å². The first kappa shape index (κ1) is 16.6. The van der Waals surface area contributed by atoms with Crippen molar-refractivity contribution in [3.8, 4) is 0 Å². The number of amides is 1. The molecule has 23 heavy (non-hydrogen) atoms. The second kappa shape index (κ2) is 7.11. The van der Waals surface area contributed by atoms with Crippen LogP contribution in [0.1, 0.15) is 30.0 Å². The van der Waals surface area contributed by atoms with Crippen molar-refractivity contribution in [1.82, 2.24) is 9.88 Å². The molecule has 2 aliphatic rings. The number of aromatic nitrogens is 1. The quantitative estimate of drug-likeness (QED) is 0.776. The number of carbonyl (C=O) groups is 1. The lowest BCUT2D eigenvalue weighted by Gasteiger charge is -2.43. The molecule has 0 unspecified atom stereocenters. The van der Waals surface area contributed by atoms with Crippen LogP contribution in [0.2, 0.25) is 0 Å². The molecule has 1 aliphatic heterocycles. The molecule has 1 aromatic heterocycles. The SMILES string of the molecule is C=CC(=O)N1CCO[C@@]2(CCC[C@H]2COCc2csc(C)n2)C1. The summed E-state index contributed by atoms with van der Waals surface area (Å²) in [7, 11) is 0. The van der Waals surface area contributed by atoms with E-state index in [-0.39, 0.29) is 11.5 Å². The van der Waals surface area contributed by atoms with Crippen LogP contribution in [0.15, 0.2) is 18.0 Å². The Bertz CT molecular complexity index is 574. The predicted molar refractivity (Wildman–Crippen MR) is 89.3 cm³/mol. The van der Waals surface area contributed by atoms with E-state index in [4.69, 9.17) is 9.47 Å². The average Bonchev–Trinajstić information content (AvgIpc) is 3.14. The first-order chi connectivity index (χ1) is 11.1. The molecule has 3 rings (SSSR count). The summed E-state index contributed by atoms with van der Waals surface area (Å²) in [4.78, 5) is 18.2. The molecule has 1 saturated carbocycles. The summed E-state index contributed by atoms with van der Waals surface area (Å²) in [5, 5.41) is 3.11. The highest BCUT2D eigenvalue weighted by Gasteiger charge is 2.47. The Morgan fingerprint density at radius 2 is 2.57 bits per heavy atom. The van der Waals surface area contributed by atoms with Crippen LogP contribution < -0.4 is 0 Å². The van der Waals surface area contributed by atoms with Crippen molar-refractivity contribution in [3.05, 3.63) is 28.7 Å². The van der Waals surface area contributed by atoms with E-state index in [1.54, 1.807) is 11.3 Å². The van der Waals surface area contributed by atoms with Crippen LogP contribution >= 0.6 is 11.3 Å². The Labute approximate surface area is 141 Å². The van der Waals surface area contributed by atoms with Crippen LogP contribution in [0.4, 0.5) is 0 Å². The first-order valence-electron chi connectivity index (χ1n) is 8.17. The summed E-state index contributed by atoms with van der Waals surface area (Å²) >= 11 is 1.65. The number of carbonyl (C=O) groups excluding carboxylic acids is 1. The maximum atomic E-state index is 11.9. The van der Waals surface area contributed by atoms with Gasteiger partial charge in [-0.1, -0.05) is 13.0 Å². The smallest absolute Gasteiger partial charge is 0.246 e. The molecule has 6 heteroatoms. The third-order valence-corrected chi connectivity index (χ3v) is 5.65. The molecule has 2 atom stereocenters. The van der Waals surface area contributed by atoms with Gasteiger partial charge in [0.2, 0.25) is 5.91 Å². The van der Waals surface area contributed by atoms with Gasteiger partial charge < -0.3 is 14.4 Å². The summed E-state index contributed by atoms with van der Waals surface area (Å²) in [6.07, 6.45) is 4.61. The van der Waals surface area contributed by atoms with E-state index in [1.165, 1.54) is 6.08 Å². The predicted octanol–water partition coefficient (Wildman–Crippen LogP) is 2.55. The number of hydrogen-bond acceptors (Lipinski definition) is 5. The molecule has 0 bridgehead atoms. The Morgan fingerprint density at radius 1 is 1.70 bits per heavy atom. The second-order valence-electron chi connectivity index (χ2n) is 6.34. The Kier molecular flexibility index (Phi) is 5.14. The maximum absolute atomic E-state index is 11.9. The number of rotatable bonds is 5. The zero-order chi connectivity index (χ0) is 16.3. The number of hydrogen-bond donors (Lipinski definition) is 0. The molecule has 2 heterocycles. The number of ether oxygens (including phenoxy) is 2. The highest BCUT2D eigenvalue weighted by atomic mass is 32.1. The van der Waals surface area contributed by atoms with Gasteiger partial charge in [-0.05, 0) is 25.8 Å². The van der Waals surface area contributed by atoms with E-state index < -0.39 is 0 Å². The molecular formula is C17H24N2O3S. The number of thiazole rings is 1. The van der Waals surface area contributed by atoms with Gasteiger partial charge in [-0.2, -0.15) is 0 Å². The highest BCUT2D eigenvalue weighted by Crippen LogP contribution is 2.41. The zero-order valence-electron chi connectivity index (χ0n) is 13.6. The van der Waals surface area contributed by atoms with Crippen LogP contribution in [-0.2, 0) is 20.9 Å². The number of morpholine rings is 1. The molecule has 1 aromatic rings. The lowest BCUT2D eigenvalue weighted by Crippen LogP contribution is -2.55. The standard InChI is InChI=1S/C17H24N2O3S/c1-3-16(20)19-7-8-22-17(12-19)6-4-5-14(17)9-21-10-15-11-23-13(2)18-15/h3,11,14H,1,4-10,12H2,2H3/t14-,17-/m0/s1. The third kappa shape index (κ3) is 3.65. The summed E-state index contributed by atoms with van der Waals surface area (Å²) in [6, 6.07) is 0. The molecule has 0 aromatic carbocycles. The maximum Gasteiger partial charge on any atom is 0.246 e. The van der Waals surface area contributed by atoms with Crippen LogP contribution in [0.25, 0.3) is 0 Å². The van der Waals surface area contributed by atoms with Crippen LogP contribution in [0.5, 0.6) is 0 Å². The topological polar surface area (TPSA) is 51.7 Å². The third-order valence-electron chi connectivity index (χ3n) is 4.83. The summed E-state index contributed by atoms with van der Waals surface area (Å²) in [5.41, 5.74) is 0.752. The Balaban J connectivity index is 1.58. The van der Waals surface area contributed by atoms with Gasteiger partial charge in [-0.25, -0.2) is 4.98 Å². The van der Waals surface area contributed by atoms with E-state index in [9.17, 15) is 4.79 Å². The average molecular weight is 336 g/mol. The van der Waals surface area contributed by atoms with Crippen LogP contribution in [0.3, 0.4) is 0 Å². The fourth-order valence-corrected chi connectivity index (χ4v) is 4.25. The van der Waals surface area contributed by atoms with Gasteiger partial charge >= 0.3 is 0 Å². The molecule has 1 saturated heterocycles. The van der Waals surface area contributed by atoms with E-state index in [0.29, 0.717) is 38.8 Å². The molecule has 1 amide bonds. The molecule has 1 spiro atoms. The van der Waals surface area contributed by atoms with Crippen molar-refractivity contribution in [2.24, 2.45) is 5.92 Å². The van der Waals surface area contributed by atoms with Gasteiger partial charge in [0.05, 0.1) is 42.7 Å². The van der Waals surface area contributed by atoms with Gasteiger partial charge in [0.25, 0.3) is 0 Å². The fourth-order valence-electron chi connectivity index (χ4n) is 3.65. The minimum atomic E-state index is -0.241. The molecule has 0 N–H and O–H groups in total. The van der Waals surface area contributed by atoms with E-state index in [0.717, 1.165) is 30.0 Å². The Morgan fingerprint density at radius 3 is 3.30 bits per heavy atom. The van der Waals surface area contributed by atoms with Gasteiger partial charge in [0, 0.05) is 17.8 Å². The molecule has 2 fully saturated rings. The summed E-state index contributed by atoms with van der Waals surface area (Å²) in [5.74, 6) is 0.333. The van der Waals surface area contributed by atoms with E-state index in [2.05, 4.69) is 11.6 Å². The number of nitrogens with zero attached hydrogens (tertiary/aromatic N) is 2. The van der Waals surface area contributed by atoms with Crippen LogP contribution in [0, 0.1) is 12.8 Å². The second-order valence-corrected chi connectivity index (χ2v) is 7.40. The fraction of sp³-hybridized carbons (Fsp3) is 0.647. The lowest BCUT2D eigenvalue weighted by molar-refractivity contribution is -0.158. The van der Waals surface area contributed by atoms with Crippen molar-refractivity contribution < 1.29 is 14.3 Å². The van der Waals surface area contributed by atoms with Crippen molar-refractivity contribution >= 4 is 17.2 Å². The molecule has 0 radical (unpaired) electrons. The summed E-state index contributed by atoms with van der Waals surface area (Å²) < 4.78 is 12.1. The van der Waals surface area contributed by atoms with Crippen molar-refractivity contribution in [2.45, 2.75) is 38.4 Å². The highest BCUT2D eigenvalue weighted by molar-refractivity contribution is 7.09. The van der Waals surface area contributed by atoms with Gasteiger partial charge in [-0.15, -0.1) is 11.3 Å². The van der Waals surface area contributed by atoms with Crippen molar-refractivity contribution in [2.75, 3.05) is 26.3 Å². The Hall–Kier alpha value is -1.24. The molecule has 1 aliphatic carbocycles. The minimum Gasteiger partial charge on any atom is -0.375 e. The molecule has 5 nitrogen and oxygen atoms in total. The lowest BCUT2D eigenvalue weighted by atomic mass is 9.89. The van der Waals surface area contributed by atoms with E-state index in [1.807, 2.05) is 17.2 Å².